The molecule has 4 N–H and O–H groups in total. The Morgan fingerprint density at radius 3 is 2.56 bits per heavy atom. The number of hydrogen-bond acceptors (Lipinski definition) is 4. The first-order valence-electron chi connectivity index (χ1n) is 2.55. The van der Waals surface area contributed by atoms with E-state index in [1.165, 1.54) is 0 Å². The van der Waals surface area contributed by atoms with Gasteiger partial charge in [-0.1, -0.05) is 0 Å². The second-order valence-corrected chi connectivity index (χ2v) is 1.83. The second kappa shape index (κ2) is 1.89. The summed E-state index contributed by atoms with van der Waals surface area (Å²) in [6.45, 7) is 1.83. The Hall–Kier alpha value is -1.32. The van der Waals surface area contributed by atoms with Gasteiger partial charge < -0.3 is 11.5 Å². The Bertz CT molecular complexity index is 200. The van der Waals surface area contributed by atoms with Crippen molar-refractivity contribution in [2.75, 3.05) is 11.5 Å². The zero-order chi connectivity index (χ0) is 6.85. The highest BCUT2D eigenvalue weighted by atomic mass is 15.1. The Kier molecular flexibility index (Phi) is 1.22. The maximum absolute atomic E-state index is 5.45. The number of rotatable bonds is 0. The maximum atomic E-state index is 5.45. The van der Waals surface area contributed by atoms with E-state index in [4.69, 9.17) is 11.5 Å². The molecule has 0 amide bonds. The molecule has 0 aliphatic heterocycles. The van der Waals surface area contributed by atoms with Gasteiger partial charge in [0, 0.05) is 0 Å². The quantitative estimate of drug-likeness (QED) is 0.508. The number of aryl methyl sites for hydroxylation is 1. The molecule has 0 spiro atoms. The van der Waals surface area contributed by atoms with Gasteiger partial charge in [0.1, 0.15) is 0 Å². The predicted octanol–water partition coefficient (Wildman–Crippen LogP) is -0.0506. The lowest BCUT2D eigenvalue weighted by Gasteiger charge is -1.98. The van der Waals surface area contributed by atoms with E-state index in [-0.39, 0.29) is 0 Å². The van der Waals surface area contributed by atoms with Gasteiger partial charge in [0.25, 0.3) is 0 Å². The van der Waals surface area contributed by atoms with Crippen molar-refractivity contribution in [3.8, 4) is 0 Å². The smallest absolute Gasteiger partial charge is 0.169 e. The van der Waals surface area contributed by atoms with E-state index in [0.29, 0.717) is 11.5 Å². The van der Waals surface area contributed by atoms with Crippen molar-refractivity contribution >= 4 is 11.5 Å². The lowest BCUT2D eigenvalue weighted by molar-refractivity contribution is 1.03. The minimum atomic E-state index is 0.301. The summed E-state index contributed by atoms with van der Waals surface area (Å²) in [6.07, 6.45) is 1.58. The number of nitrogen functional groups attached to an aromatic ring is 2. The number of aromatic nitrogens is 2. The van der Waals surface area contributed by atoms with Crippen molar-refractivity contribution < 1.29 is 0 Å². The number of anilines is 2. The highest BCUT2D eigenvalue weighted by Crippen LogP contribution is 2.12. The van der Waals surface area contributed by atoms with E-state index >= 15 is 0 Å². The van der Waals surface area contributed by atoms with Crippen LogP contribution in [0, 0.1) is 6.92 Å². The minimum absolute atomic E-state index is 0.301. The molecule has 0 aliphatic rings. The lowest BCUT2D eigenvalue weighted by Crippen LogP contribution is -2.01. The molecule has 0 aliphatic carbocycles. The molecule has 48 valence electrons. The molecule has 1 aromatic rings. The van der Waals surface area contributed by atoms with Crippen LogP contribution in [0.4, 0.5) is 11.5 Å². The molecule has 1 aromatic heterocycles. The van der Waals surface area contributed by atoms with E-state index in [0.717, 1.165) is 5.56 Å². The van der Waals surface area contributed by atoms with Crippen LogP contribution in [-0.4, -0.2) is 10.2 Å². The summed E-state index contributed by atoms with van der Waals surface area (Å²) in [6, 6.07) is 0. The number of nitrogens with zero attached hydrogens (tertiary/aromatic N) is 2. The topological polar surface area (TPSA) is 77.8 Å². The Balaban J connectivity index is 3.25. The summed E-state index contributed by atoms with van der Waals surface area (Å²) in [7, 11) is 0. The first kappa shape index (κ1) is 5.81. The summed E-state index contributed by atoms with van der Waals surface area (Å²) in [5, 5.41) is 7.13. The molecular weight excluding hydrogens is 116 g/mol. The average molecular weight is 124 g/mol. The molecule has 0 saturated carbocycles. The molecule has 9 heavy (non-hydrogen) atoms. The van der Waals surface area contributed by atoms with Crippen LogP contribution >= 0.6 is 0 Å². The molecule has 1 heterocycles. The molecule has 1 rings (SSSR count). The SMILES string of the molecule is Cc1cnnc(N)c1N. The third-order valence-electron chi connectivity index (χ3n) is 1.12. The molecule has 0 atom stereocenters. The van der Waals surface area contributed by atoms with Crippen LogP contribution < -0.4 is 11.5 Å². The lowest BCUT2D eigenvalue weighted by atomic mass is 10.3. The van der Waals surface area contributed by atoms with Crippen LogP contribution in [0.3, 0.4) is 0 Å². The first-order chi connectivity index (χ1) is 4.22. The second-order valence-electron chi connectivity index (χ2n) is 1.83. The van der Waals surface area contributed by atoms with Crippen molar-refractivity contribution in [2.24, 2.45) is 0 Å². The van der Waals surface area contributed by atoms with Crippen LogP contribution in [0.5, 0.6) is 0 Å². The maximum Gasteiger partial charge on any atom is 0.169 e. The fourth-order valence-electron chi connectivity index (χ4n) is 0.503. The van der Waals surface area contributed by atoms with Crippen LogP contribution in [-0.2, 0) is 0 Å². The summed E-state index contributed by atoms with van der Waals surface area (Å²) < 4.78 is 0. The van der Waals surface area contributed by atoms with E-state index < -0.39 is 0 Å². The minimum Gasteiger partial charge on any atom is -0.395 e. The summed E-state index contributed by atoms with van der Waals surface area (Å²) in [5.74, 6) is 0.301. The van der Waals surface area contributed by atoms with E-state index in [1.54, 1.807) is 6.20 Å². The first-order valence-corrected chi connectivity index (χ1v) is 2.55. The van der Waals surface area contributed by atoms with Crippen LogP contribution in [0.2, 0.25) is 0 Å². The van der Waals surface area contributed by atoms with E-state index in [1.807, 2.05) is 6.92 Å². The monoisotopic (exact) mass is 124 g/mol. The van der Waals surface area contributed by atoms with Crippen LogP contribution in [0.15, 0.2) is 6.20 Å². The van der Waals surface area contributed by atoms with Gasteiger partial charge in [-0.3, -0.25) is 0 Å². The molecule has 0 bridgehead atoms. The van der Waals surface area contributed by atoms with Gasteiger partial charge in [-0.15, -0.1) is 5.10 Å². The Morgan fingerprint density at radius 2 is 2.11 bits per heavy atom. The summed E-state index contributed by atoms with van der Waals surface area (Å²) in [4.78, 5) is 0. The number of nitrogens with two attached hydrogens (primary N) is 2. The van der Waals surface area contributed by atoms with Gasteiger partial charge in [-0.05, 0) is 12.5 Å². The molecule has 4 nitrogen and oxygen atoms in total. The van der Waals surface area contributed by atoms with Crippen LogP contribution in [0.1, 0.15) is 5.56 Å². The molecule has 4 heteroatoms. The molecule has 0 saturated heterocycles. The van der Waals surface area contributed by atoms with Gasteiger partial charge in [0.2, 0.25) is 0 Å². The zero-order valence-electron chi connectivity index (χ0n) is 5.13. The van der Waals surface area contributed by atoms with Crippen molar-refractivity contribution in [1.82, 2.24) is 10.2 Å². The van der Waals surface area contributed by atoms with Crippen molar-refractivity contribution in [3.05, 3.63) is 11.8 Å². The molecule has 0 fully saturated rings. The highest BCUT2D eigenvalue weighted by Gasteiger charge is 1.96. The Labute approximate surface area is 52.9 Å². The van der Waals surface area contributed by atoms with E-state index in [9.17, 15) is 0 Å². The third-order valence-corrected chi connectivity index (χ3v) is 1.12. The van der Waals surface area contributed by atoms with Gasteiger partial charge in [0.15, 0.2) is 5.82 Å². The summed E-state index contributed by atoms with van der Waals surface area (Å²) in [5.41, 5.74) is 12.2. The van der Waals surface area contributed by atoms with Gasteiger partial charge in [-0.25, -0.2) is 0 Å². The van der Waals surface area contributed by atoms with Gasteiger partial charge in [0.05, 0.1) is 11.9 Å². The van der Waals surface area contributed by atoms with Crippen molar-refractivity contribution in [1.29, 1.82) is 0 Å². The van der Waals surface area contributed by atoms with Gasteiger partial charge >= 0.3 is 0 Å². The predicted molar refractivity (Wildman–Crippen MR) is 35.6 cm³/mol. The molecule has 0 unspecified atom stereocenters. The fourth-order valence-corrected chi connectivity index (χ4v) is 0.503. The van der Waals surface area contributed by atoms with Crippen molar-refractivity contribution in [2.45, 2.75) is 6.92 Å². The van der Waals surface area contributed by atoms with E-state index in [2.05, 4.69) is 10.2 Å². The summed E-state index contributed by atoms with van der Waals surface area (Å²) >= 11 is 0. The molecular formula is C5H8N4. The third kappa shape index (κ3) is 0.910. The fraction of sp³-hybridized carbons (Fsp3) is 0.200. The molecule has 0 aromatic carbocycles. The standard InChI is InChI=1S/C5H8N4/c1-3-2-8-9-5(7)4(3)6/h2H,1H3,(H2,6,8)(H2,7,9). The van der Waals surface area contributed by atoms with Gasteiger partial charge in [-0.2, -0.15) is 5.10 Å². The average Bonchev–Trinajstić information content (AvgIpc) is 1.83. The molecule has 0 radical (unpaired) electrons. The van der Waals surface area contributed by atoms with Crippen LogP contribution in [0.25, 0.3) is 0 Å². The highest BCUT2D eigenvalue weighted by molar-refractivity contribution is 5.60. The van der Waals surface area contributed by atoms with Crippen molar-refractivity contribution in [3.63, 3.8) is 0 Å². The Morgan fingerprint density at radius 1 is 1.44 bits per heavy atom. The largest absolute Gasteiger partial charge is 0.395 e. The normalized spacial score (nSPS) is 9.44. The zero-order valence-corrected chi connectivity index (χ0v) is 5.13. The number of hydrogen-bond donors (Lipinski definition) is 2.